The van der Waals surface area contributed by atoms with Gasteiger partial charge in [-0.25, -0.2) is 0 Å². The third-order valence-electron chi connectivity index (χ3n) is 3.04. The zero-order valence-electron chi connectivity index (χ0n) is 9.34. The van der Waals surface area contributed by atoms with Crippen LogP contribution >= 0.6 is 0 Å². The number of aryl methyl sites for hydroxylation is 2. The molecule has 1 atom stereocenters. The Morgan fingerprint density at radius 2 is 2.20 bits per heavy atom. The molecule has 2 rings (SSSR count). The molecule has 1 aliphatic heterocycles. The highest BCUT2D eigenvalue weighted by atomic mass is 16.1. The van der Waals surface area contributed by atoms with Crippen LogP contribution in [0.15, 0.2) is 18.2 Å². The molecule has 1 N–H and O–H groups in total. The Hall–Kier alpha value is -1.15. The molecule has 0 aliphatic carbocycles. The van der Waals surface area contributed by atoms with Crippen molar-refractivity contribution in [2.75, 3.05) is 6.54 Å². The van der Waals surface area contributed by atoms with E-state index in [-0.39, 0.29) is 11.8 Å². The van der Waals surface area contributed by atoms with E-state index >= 15 is 0 Å². The van der Waals surface area contributed by atoms with Crippen molar-refractivity contribution in [1.29, 1.82) is 0 Å². The highest BCUT2D eigenvalue weighted by Crippen LogP contribution is 2.16. The number of carbonyl (C=O) groups is 1. The lowest BCUT2D eigenvalue weighted by Crippen LogP contribution is -2.31. The van der Waals surface area contributed by atoms with Crippen LogP contribution in [0.2, 0.25) is 0 Å². The van der Waals surface area contributed by atoms with E-state index in [0.29, 0.717) is 0 Å². The summed E-state index contributed by atoms with van der Waals surface area (Å²) in [5.74, 6) is 0.258. The molecular weight excluding hydrogens is 186 g/mol. The lowest BCUT2D eigenvalue weighted by Gasteiger charge is -2.11. The molecular formula is C13H17NO. The molecule has 1 heterocycles. The average molecular weight is 203 g/mol. The minimum absolute atomic E-state index is 0.0468. The van der Waals surface area contributed by atoms with Crippen LogP contribution in [0.5, 0.6) is 0 Å². The Bertz CT molecular complexity index is 378. The van der Waals surface area contributed by atoms with Crippen LogP contribution in [0, 0.1) is 13.8 Å². The molecule has 0 radical (unpaired) electrons. The van der Waals surface area contributed by atoms with Gasteiger partial charge in [-0.15, -0.1) is 0 Å². The summed E-state index contributed by atoms with van der Waals surface area (Å²) in [4.78, 5) is 12.2. The van der Waals surface area contributed by atoms with E-state index in [9.17, 15) is 4.79 Å². The minimum Gasteiger partial charge on any atom is -0.307 e. The molecule has 1 fully saturated rings. The molecule has 80 valence electrons. The van der Waals surface area contributed by atoms with Gasteiger partial charge in [-0.2, -0.15) is 0 Å². The number of hydrogen-bond acceptors (Lipinski definition) is 2. The largest absolute Gasteiger partial charge is 0.307 e. The number of hydrogen-bond donors (Lipinski definition) is 1. The Labute approximate surface area is 90.7 Å². The number of benzene rings is 1. The van der Waals surface area contributed by atoms with Gasteiger partial charge in [0, 0.05) is 5.56 Å². The van der Waals surface area contributed by atoms with E-state index in [4.69, 9.17) is 0 Å². The molecule has 0 amide bonds. The van der Waals surface area contributed by atoms with Crippen molar-refractivity contribution in [3.05, 3.63) is 34.9 Å². The summed E-state index contributed by atoms with van der Waals surface area (Å²) in [6.07, 6.45) is 2.09. The van der Waals surface area contributed by atoms with E-state index in [1.807, 2.05) is 32.0 Å². The van der Waals surface area contributed by atoms with Crippen molar-refractivity contribution in [2.45, 2.75) is 32.7 Å². The molecule has 0 bridgehead atoms. The summed E-state index contributed by atoms with van der Waals surface area (Å²) in [5, 5.41) is 3.25. The van der Waals surface area contributed by atoms with Crippen molar-refractivity contribution in [3.63, 3.8) is 0 Å². The summed E-state index contributed by atoms with van der Waals surface area (Å²) in [5.41, 5.74) is 3.12. The second-order valence-corrected chi connectivity index (χ2v) is 4.33. The van der Waals surface area contributed by atoms with Gasteiger partial charge < -0.3 is 5.32 Å². The first-order valence-electron chi connectivity index (χ1n) is 5.53. The fourth-order valence-electron chi connectivity index (χ4n) is 2.10. The number of Topliss-reactive ketones (excluding diaryl/α,β-unsaturated/α-hetero) is 1. The topological polar surface area (TPSA) is 29.1 Å². The number of nitrogens with one attached hydrogen (secondary N) is 1. The summed E-state index contributed by atoms with van der Waals surface area (Å²) in [6, 6.07) is 6.12. The Balaban J connectivity index is 2.27. The summed E-state index contributed by atoms with van der Waals surface area (Å²) < 4.78 is 0. The molecule has 0 spiro atoms. The molecule has 0 aromatic heterocycles. The predicted molar refractivity (Wildman–Crippen MR) is 61.3 cm³/mol. The van der Waals surface area contributed by atoms with E-state index in [0.717, 1.165) is 36.1 Å². The van der Waals surface area contributed by atoms with Gasteiger partial charge in [0.1, 0.15) is 0 Å². The fourth-order valence-corrected chi connectivity index (χ4v) is 2.10. The quantitative estimate of drug-likeness (QED) is 0.747. The first-order valence-corrected chi connectivity index (χ1v) is 5.53. The Morgan fingerprint density at radius 3 is 2.87 bits per heavy atom. The lowest BCUT2D eigenvalue weighted by atomic mass is 9.97. The molecule has 1 aromatic carbocycles. The number of rotatable bonds is 2. The highest BCUT2D eigenvalue weighted by molar-refractivity contribution is 6.01. The van der Waals surface area contributed by atoms with Crippen molar-refractivity contribution < 1.29 is 4.79 Å². The first-order chi connectivity index (χ1) is 7.18. The number of ketones is 1. The molecule has 2 nitrogen and oxygen atoms in total. The summed E-state index contributed by atoms with van der Waals surface area (Å²) in [7, 11) is 0. The molecule has 0 unspecified atom stereocenters. The van der Waals surface area contributed by atoms with E-state index in [1.54, 1.807) is 0 Å². The smallest absolute Gasteiger partial charge is 0.179 e. The van der Waals surface area contributed by atoms with Crippen LogP contribution in [-0.4, -0.2) is 18.4 Å². The normalized spacial score (nSPS) is 20.5. The third kappa shape index (κ3) is 2.10. The molecule has 0 saturated carbocycles. The van der Waals surface area contributed by atoms with Crippen LogP contribution in [0.4, 0.5) is 0 Å². The van der Waals surface area contributed by atoms with Gasteiger partial charge in [-0.05, 0) is 44.9 Å². The van der Waals surface area contributed by atoms with Crippen molar-refractivity contribution >= 4 is 5.78 Å². The first kappa shape index (κ1) is 10.4. The van der Waals surface area contributed by atoms with Gasteiger partial charge in [0.2, 0.25) is 0 Å². The van der Waals surface area contributed by atoms with Gasteiger partial charge in [-0.3, -0.25) is 4.79 Å². The van der Waals surface area contributed by atoms with Gasteiger partial charge in [0.05, 0.1) is 6.04 Å². The summed E-state index contributed by atoms with van der Waals surface area (Å²) in [6.45, 7) is 5.00. The fraction of sp³-hybridized carbons (Fsp3) is 0.462. The maximum Gasteiger partial charge on any atom is 0.179 e. The van der Waals surface area contributed by atoms with E-state index in [1.165, 1.54) is 0 Å². The van der Waals surface area contributed by atoms with Crippen molar-refractivity contribution in [2.24, 2.45) is 0 Å². The van der Waals surface area contributed by atoms with E-state index in [2.05, 4.69) is 5.32 Å². The second kappa shape index (κ2) is 4.15. The van der Waals surface area contributed by atoms with Gasteiger partial charge in [0.25, 0.3) is 0 Å². The molecule has 1 aliphatic rings. The Morgan fingerprint density at radius 1 is 1.40 bits per heavy atom. The van der Waals surface area contributed by atoms with Crippen LogP contribution < -0.4 is 5.32 Å². The molecule has 2 heteroatoms. The zero-order chi connectivity index (χ0) is 10.8. The predicted octanol–water partition coefficient (Wildman–Crippen LogP) is 2.24. The lowest BCUT2D eigenvalue weighted by molar-refractivity contribution is 0.0951. The van der Waals surface area contributed by atoms with Crippen LogP contribution in [0.25, 0.3) is 0 Å². The Kier molecular flexibility index (Phi) is 2.87. The standard InChI is InChI=1S/C13H17NO/c1-9-5-6-10(2)11(8-9)13(15)12-4-3-7-14-12/h5-6,8,12,14H,3-4,7H2,1-2H3/t12-/m1/s1. The van der Waals surface area contributed by atoms with Crippen molar-refractivity contribution in [3.8, 4) is 0 Å². The van der Waals surface area contributed by atoms with Crippen LogP contribution in [0.1, 0.15) is 34.3 Å². The SMILES string of the molecule is Cc1ccc(C)c(C(=O)[C@H]2CCCN2)c1. The maximum atomic E-state index is 12.2. The zero-order valence-corrected chi connectivity index (χ0v) is 9.34. The average Bonchev–Trinajstić information content (AvgIpc) is 2.74. The maximum absolute atomic E-state index is 12.2. The second-order valence-electron chi connectivity index (χ2n) is 4.33. The van der Waals surface area contributed by atoms with E-state index < -0.39 is 0 Å². The van der Waals surface area contributed by atoms with Crippen molar-refractivity contribution in [1.82, 2.24) is 5.32 Å². The van der Waals surface area contributed by atoms with Crippen LogP contribution in [0.3, 0.4) is 0 Å². The minimum atomic E-state index is 0.0468. The van der Waals surface area contributed by atoms with Gasteiger partial charge >= 0.3 is 0 Å². The van der Waals surface area contributed by atoms with Gasteiger partial charge in [-0.1, -0.05) is 17.7 Å². The monoisotopic (exact) mass is 203 g/mol. The third-order valence-corrected chi connectivity index (χ3v) is 3.04. The number of carbonyl (C=O) groups excluding carboxylic acids is 1. The highest BCUT2D eigenvalue weighted by Gasteiger charge is 2.24. The summed E-state index contributed by atoms with van der Waals surface area (Å²) >= 11 is 0. The molecule has 1 saturated heterocycles. The van der Waals surface area contributed by atoms with Gasteiger partial charge in [0.15, 0.2) is 5.78 Å². The van der Waals surface area contributed by atoms with Crippen LogP contribution in [-0.2, 0) is 0 Å². The molecule has 1 aromatic rings. The molecule has 15 heavy (non-hydrogen) atoms.